The summed E-state index contributed by atoms with van der Waals surface area (Å²) < 4.78 is 51.3. The molecule has 156 valence electrons. The molecule has 0 bridgehead atoms. The van der Waals surface area contributed by atoms with E-state index in [2.05, 4.69) is 17.1 Å². The largest absolute Gasteiger partial charge is 0.297 e. The molecule has 0 radical (unpaired) electrons. The number of sulfone groups is 1. The van der Waals surface area contributed by atoms with Crippen LogP contribution in [0, 0.1) is 6.92 Å². The summed E-state index contributed by atoms with van der Waals surface area (Å²) in [6, 6.07) is 14.3. The Labute approximate surface area is 173 Å². The van der Waals surface area contributed by atoms with Gasteiger partial charge in [-0.05, 0) is 30.2 Å². The molecule has 8 heteroatoms. The zero-order valence-corrected chi connectivity index (χ0v) is 18.3. The van der Waals surface area contributed by atoms with Gasteiger partial charge in [0.05, 0.1) is 9.79 Å². The Morgan fingerprint density at radius 2 is 1.59 bits per heavy atom. The highest BCUT2D eigenvalue weighted by Gasteiger charge is 2.30. The van der Waals surface area contributed by atoms with Gasteiger partial charge in [0, 0.05) is 39.0 Å². The van der Waals surface area contributed by atoms with Crippen LogP contribution < -0.4 is 0 Å². The number of benzene rings is 2. The lowest BCUT2D eigenvalue weighted by molar-refractivity contribution is 0.204. The second-order valence-corrected chi connectivity index (χ2v) is 11.1. The maximum Gasteiger partial charge on any atom is 0.243 e. The third-order valence-electron chi connectivity index (χ3n) is 5.01. The minimum absolute atomic E-state index is 0.0198. The number of aryl methyl sites for hydroxylation is 1. The van der Waals surface area contributed by atoms with E-state index in [4.69, 9.17) is 0 Å². The van der Waals surface area contributed by atoms with Gasteiger partial charge in [0.15, 0.2) is 9.84 Å². The Hall–Kier alpha value is -2.00. The predicted molar refractivity (Wildman–Crippen MR) is 115 cm³/mol. The van der Waals surface area contributed by atoms with Crippen molar-refractivity contribution < 1.29 is 16.8 Å². The van der Waals surface area contributed by atoms with Crippen LogP contribution in [-0.4, -0.2) is 65.0 Å². The number of hydrogen-bond donors (Lipinski definition) is 0. The fourth-order valence-corrected chi connectivity index (χ4v) is 5.68. The Kier molecular flexibility index (Phi) is 6.58. The third kappa shape index (κ3) is 5.33. The highest BCUT2D eigenvalue weighted by Crippen LogP contribution is 2.24. The standard InChI is InChI=1S/C21H26N2O4S2/c1-18-10-11-20(28(2,24)25)17-21(18)29(26,27)23-15-13-22(14-16-23)12-6-9-19-7-4-3-5-8-19/h3-11,17H,12-16H2,1-2H3/b9-6+. The van der Waals surface area contributed by atoms with Crippen molar-refractivity contribution in [3.8, 4) is 0 Å². The van der Waals surface area contributed by atoms with E-state index in [-0.39, 0.29) is 9.79 Å². The molecule has 29 heavy (non-hydrogen) atoms. The van der Waals surface area contributed by atoms with Crippen molar-refractivity contribution in [1.29, 1.82) is 0 Å². The molecule has 0 unspecified atom stereocenters. The monoisotopic (exact) mass is 434 g/mol. The molecule has 0 saturated carbocycles. The van der Waals surface area contributed by atoms with E-state index in [9.17, 15) is 16.8 Å². The Balaban J connectivity index is 1.66. The van der Waals surface area contributed by atoms with Crippen molar-refractivity contribution in [1.82, 2.24) is 9.21 Å². The Bertz CT molecular complexity index is 1090. The van der Waals surface area contributed by atoms with Gasteiger partial charge in [0.1, 0.15) is 0 Å². The average Bonchev–Trinajstić information content (AvgIpc) is 2.68. The molecule has 1 aliphatic rings. The van der Waals surface area contributed by atoms with Crippen molar-refractivity contribution in [2.45, 2.75) is 16.7 Å². The number of sulfonamides is 1. The first kappa shape index (κ1) is 21.7. The molecule has 0 atom stereocenters. The number of piperazine rings is 1. The van der Waals surface area contributed by atoms with Crippen molar-refractivity contribution in [3.05, 3.63) is 65.7 Å². The lowest BCUT2D eigenvalue weighted by atomic mass is 10.2. The van der Waals surface area contributed by atoms with E-state index in [0.29, 0.717) is 31.7 Å². The van der Waals surface area contributed by atoms with Crippen LogP contribution in [-0.2, 0) is 19.9 Å². The van der Waals surface area contributed by atoms with E-state index in [1.807, 2.05) is 30.3 Å². The van der Waals surface area contributed by atoms with E-state index in [0.717, 1.165) is 18.4 Å². The fourth-order valence-electron chi connectivity index (χ4n) is 3.28. The number of rotatable bonds is 6. The summed E-state index contributed by atoms with van der Waals surface area (Å²) in [5, 5.41) is 0. The fraction of sp³-hybridized carbons (Fsp3) is 0.333. The van der Waals surface area contributed by atoms with Crippen LogP contribution in [0.15, 0.2) is 64.4 Å². The molecule has 0 amide bonds. The van der Waals surface area contributed by atoms with Crippen molar-refractivity contribution in [2.24, 2.45) is 0 Å². The smallest absolute Gasteiger partial charge is 0.243 e. The van der Waals surface area contributed by atoms with E-state index < -0.39 is 19.9 Å². The first-order chi connectivity index (χ1) is 13.7. The molecule has 0 aliphatic carbocycles. The summed E-state index contributed by atoms with van der Waals surface area (Å²) in [7, 11) is -7.21. The molecule has 6 nitrogen and oxygen atoms in total. The van der Waals surface area contributed by atoms with Crippen LogP contribution in [0.4, 0.5) is 0 Å². The summed E-state index contributed by atoms with van der Waals surface area (Å²) in [4.78, 5) is 2.29. The van der Waals surface area contributed by atoms with Gasteiger partial charge in [-0.2, -0.15) is 4.31 Å². The van der Waals surface area contributed by atoms with Crippen LogP contribution >= 0.6 is 0 Å². The lowest BCUT2D eigenvalue weighted by Crippen LogP contribution is -2.48. The summed E-state index contributed by atoms with van der Waals surface area (Å²) in [5.41, 5.74) is 1.68. The maximum absolute atomic E-state index is 13.1. The lowest BCUT2D eigenvalue weighted by Gasteiger charge is -2.33. The third-order valence-corrected chi connectivity index (χ3v) is 8.16. The first-order valence-corrected chi connectivity index (χ1v) is 12.8. The molecule has 1 saturated heterocycles. The van der Waals surface area contributed by atoms with Gasteiger partial charge in [-0.15, -0.1) is 0 Å². The van der Waals surface area contributed by atoms with E-state index >= 15 is 0 Å². The van der Waals surface area contributed by atoms with E-state index in [1.54, 1.807) is 13.0 Å². The Morgan fingerprint density at radius 1 is 0.931 bits per heavy atom. The van der Waals surface area contributed by atoms with Gasteiger partial charge in [0.25, 0.3) is 0 Å². The van der Waals surface area contributed by atoms with Gasteiger partial charge in [-0.3, -0.25) is 4.90 Å². The molecule has 0 aromatic heterocycles. The van der Waals surface area contributed by atoms with Crippen molar-refractivity contribution >= 4 is 25.9 Å². The summed E-state index contributed by atoms with van der Waals surface area (Å²) >= 11 is 0. The topological polar surface area (TPSA) is 74.8 Å². The number of nitrogens with zero attached hydrogens (tertiary/aromatic N) is 2. The van der Waals surface area contributed by atoms with E-state index in [1.165, 1.54) is 16.4 Å². The summed E-state index contributed by atoms with van der Waals surface area (Å²) in [5.74, 6) is 0. The second-order valence-electron chi connectivity index (χ2n) is 7.22. The first-order valence-electron chi connectivity index (χ1n) is 9.43. The van der Waals surface area contributed by atoms with Gasteiger partial charge in [0.2, 0.25) is 10.0 Å². The molecular formula is C21H26N2O4S2. The molecular weight excluding hydrogens is 408 g/mol. The molecule has 3 rings (SSSR count). The van der Waals surface area contributed by atoms with Gasteiger partial charge >= 0.3 is 0 Å². The zero-order chi connectivity index (χ0) is 21.1. The molecule has 2 aromatic carbocycles. The van der Waals surface area contributed by atoms with Gasteiger partial charge in [-0.25, -0.2) is 16.8 Å². The predicted octanol–water partition coefficient (Wildman–Crippen LogP) is 2.42. The quantitative estimate of drug-likeness (QED) is 0.698. The van der Waals surface area contributed by atoms with Crippen LogP contribution in [0.2, 0.25) is 0 Å². The normalized spacial score (nSPS) is 17.0. The molecule has 0 N–H and O–H groups in total. The average molecular weight is 435 g/mol. The zero-order valence-electron chi connectivity index (χ0n) is 16.7. The van der Waals surface area contributed by atoms with Gasteiger partial charge < -0.3 is 0 Å². The van der Waals surface area contributed by atoms with Crippen molar-refractivity contribution in [2.75, 3.05) is 39.0 Å². The maximum atomic E-state index is 13.1. The highest BCUT2D eigenvalue weighted by molar-refractivity contribution is 7.91. The van der Waals surface area contributed by atoms with Crippen LogP contribution in [0.25, 0.3) is 6.08 Å². The number of hydrogen-bond acceptors (Lipinski definition) is 5. The van der Waals surface area contributed by atoms with Crippen LogP contribution in [0.1, 0.15) is 11.1 Å². The molecule has 1 heterocycles. The molecule has 1 aliphatic heterocycles. The second kappa shape index (κ2) is 8.79. The summed E-state index contributed by atoms with van der Waals surface area (Å²) in [6.45, 7) is 4.45. The van der Waals surface area contributed by atoms with Gasteiger partial charge in [-0.1, -0.05) is 48.6 Å². The molecule has 2 aromatic rings. The van der Waals surface area contributed by atoms with Crippen LogP contribution in [0.3, 0.4) is 0 Å². The SMILES string of the molecule is Cc1ccc(S(C)(=O)=O)cc1S(=O)(=O)N1CCN(C/C=C/c2ccccc2)CC1. The Morgan fingerprint density at radius 3 is 2.21 bits per heavy atom. The van der Waals surface area contributed by atoms with Crippen molar-refractivity contribution in [3.63, 3.8) is 0 Å². The van der Waals surface area contributed by atoms with Crippen LogP contribution in [0.5, 0.6) is 0 Å². The molecule has 1 fully saturated rings. The molecule has 0 spiro atoms. The minimum Gasteiger partial charge on any atom is -0.297 e. The summed E-state index contributed by atoms with van der Waals surface area (Å²) in [6.07, 6.45) is 5.22. The minimum atomic E-state index is -3.74. The highest BCUT2D eigenvalue weighted by atomic mass is 32.2.